The predicted octanol–water partition coefficient (Wildman–Crippen LogP) is 1.37. The minimum absolute atomic E-state index is 0.0395. The smallest absolute Gasteiger partial charge is 0.317 e. The molecule has 0 aliphatic carbocycles. The molecule has 1 heterocycles. The molecule has 1 rings (SSSR count). The van der Waals surface area contributed by atoms with E-state index in [0.29, 0.717) is 6.54 Å². The van der Waals surface area contributed by atoms with E-state index in [2.05, 4.69) is 24.1 Å². The van der Waals surface area contributed by atoms with Gasteiger partial charge in [-0.15, -0.1) is 0 Å². The zero-order valence-corrected chi connectivity index (χ0v) is 12.8. The summed E-state index contributed by atoms with van der Waals surface area (Å²) in [6, 6.07) is -0.227. The number of carboxylic acid groups (broad SMARTS) is 1. The van der Waals surface area contributed by atoms with Gasteiger partial charge in [-0.3, -0.25) is 4.79 Å². The minimum Gasteiger partial charge on any atom is -0.481 e. The molecule has 2 unspecified atom stereocenters. The molecular formula is C14H27N3O3. The first-order valence-electron chi connectivity index (χ1n) is 7.49. The Labute approximate surface area is 121 Å². The molecule has 0 aromatic rings. The average Bonchev–Trinajstić information content (AvgIpc) is 2.83. The van der Waals surface area contributed by atoms with Crippen LogP contribution in [0.2, 0.25) is 0 Å². The van der Waals surface area contributed by atoms with E-state index in [0.717, 1.165) is 32.5 Å². The quantitative estimate of drug-likeness (QED) is 0.741. The Hall–Kier alpha value is -1.30. The maximum absolute atomic E-state index is 12.2. The number of nitrogens with one attached hydrogen (secondary N) is 1. The number of urea groups is 1. The number of carbonyl (C=O) groups excluding carboxylic acids is 1. The van der Waals surface area contributed by atoms with Crippen molar-refractivity contribution in [3.05, 3.63) is 0 Å². The van der Waals surface area contributed by atoms with Crippen LogP contribution in [0.25, 0.3) is 0 Å². The topological polar surface area (TPSA) is 72.9 Å². The van der Waals surface area contributed by atoms with Crippen LogP contribution < -0.4 is 5.32 Å². The first-order valence-corrected chi connectivity index (χ1v) is 7.49. The van der Waals surface area contributed by atoms with Crippen molar-refractivity contribution in [3.63, 3.8) is 0 Å². The first-order chi connectivity index (χ1) is 9.47. The average molecular weight is 285 g/mol. The molecule has 2 N–H and O–H groups in total. The number of hydrogen-bond donors (Lipinski definition) is 2. The number of carboxylic acids is 1. The number of aliphatic carboxylic acids is 1. The second-order valence-electron chi connectivity index (χ2n) is 5.42. The number of hydrogen-bond acceptors (Lipinski definition) is 3. The fourth-order valence-electron chi connectivity index (χ4n) is 2.73. The van der Waals surface area contributed by atoms with Gasteiger partial charge in [0.2, 0.25) is 0 Å². The van der Waals surface area contributed by atoms with E-state index in [4.69, 9.17) is 5.11 Å². The van der Waals surface area contributed by atoms with Gasteiger partial charge in [-0.25, -0.2) is 4.79 Å². The lowest BCUT2D eigenvalue weighted by atomic mass is 10.1. The van der Waals surface area contributed by atoms with Crippen LogP contribution >= 0.6 is 0 Å². The van der Waals surface area contributed by atoms with E-state index < -0.39 is 5.97 Å². The van der Waals surface area contributed by atoms with Crippen LogP contribution in [0.5, 0.6) is 0 Å². The Morgan fingerprint density at radius 2 is 2.05 bits per heavy atom. The molecule has 1 fully saturated rings. The van der Waals surface area contributed by atoms with Gasteiger partial charge in [-0.05, 0) is 32.9 Å². The molecule has 1 aliphatic rings. The molecule has 2 amide bonds. The van der Waals surface area contributed by atoms with Crippen LogP contribution in [0, 0.1) is 0 Å². The number of likely N-dealkylation sites (N-methyl/N-ethyl adjacent to an activating group) is 1. The van der Waals surface area contributed by atoms with Gasteiger partial charge in [0, 0.05) is 25.2 Å². The Kier molecular flexibility index (Phi) is 6.78. The summed E-state index contributed by atoms with van der Waals surface area (Å²) in [7, 11) is 0. The SMILES string of the molecule is CCN(CC)CC(C)NC(=O)N1CCCC1CC(=O)O. The van der Waals surface area contributed by atoms with Crippen molar-refractivity contribution in [3.8, 4) is 0 Å². The molecule has 6 nitrogen and oxygen atoms in total. The number of amides is 2. The summed E-state index contributed by atoms with van der Waals surface area (Å²) in [6.45, 7) is 9.57. The second-order valence-corrected chi connectivity index (χ2v) is 5.42. The fourth-order valence-corrected chi connectivity index (χ4v) is 2.73. The zero-order chi connectivity index (χ0) is 15.1. The van der Waals surface area contributed by atoms with Gasteiger partial charge in [-0.1, -0.05) is 13.8 Å². The molecule has 0 spiro atoms. The Morgan fingerprint density at radius 1 is 1.40 bits per heavy atom. The summed E-state index contributed by atoms with van der Waals surface area (Å²) < 4.78 is 0. The maximum atomic E-state index is 12.2. The van der Waals surface area contributed by atoms with Gasteiger partial charge >= 0.3 is 12.0 Å². The third-order valence-corrected chi connectivity index (χ3v) is 3.84. The molecule has 20 heavy (non-hydrogen) atoms. The molecule has 116 valence electrons. The normalized spacial score (nSPS) is 20.2. The monoisotopic (exact) mass is 285 g/mol. The standard InChI is InChI=1S/C14H27N3O3/c1-4-16(5-2)10-11(3)15-14(20)17-8-6-7-12(17)9-13(18)19/h11-12H,4-10H2,1-3H3,(H,15,20)(H,18,19). The Balaban J connectivity index is 2.46. The van der Waals surface area contributed by atoms with Crippen LogP contribution in [0.3, 0.4) is 0 Å². The van der Waals surface area contributed by atoms with Crippen LogP contribution in [-0.2, 0) is 4.79 Å². The third kappa shape index (κ3) is 5.00. The minimum atomic E-state index is -0.842. The van der Waals surface area contributed by atoms with E-state index in [1.807, 2.05) is 6.92 Å². The van der Waals surface area contributed by atoms with Crippen LogP contribution in [0.15, 0.2) is 0 Å². The zero-order valence-electron chi connectivity index (χ0n) is 12.8. The van der Waals surface area contributed by atoms with E-state index in [-0.39, 0.29) is 24.5 Å². The maximum Gasteiger partial charge on any atom is 0.317 e. The summed E-state index contributed by atoms with van der Waals surface area (Å²) >= 11 is 0. The molecule has 6 heteroatoms. The van der Waals surface area contributed by atoms with Gasteiger partial charge < -0.3 is 20.2 Å². The van der Waals surface area contributed by atoms with E-state index >= 15 is 0 Å². The van der Waals surface area contributed by atoms with E-state index in [1.54, 1.807) is 4.90 Å². The second kappa shape index (κ2) is 8.09. The summed E-state index contributed by atoms with van der Waals surface area (Å²) in [5.74, 6) is -0.842. The number of rotatable bonds is 7. The fraction of sp³-hybridized carbons (Fsp3) is 0.857. The highest BCUT2D eigenvalue weighted by Crippen LogP contribution is 2.20. The largest absolute Gasteiger partial charge is 0.481 e. The van der Waals surface area contributed by atoms with Crippen molar-refractivity contribution < 1.29 is 14.7 Å². The van der Waals surface area contributed by atoms with Crippen LogP contribution in [0.4, 0.5) is 4.79 Å². The summed E-state index contributed by atoms with van der Waals surface area (Å²) in [6.07, 6.45) is 1.71. The molecule has 2 atom stereocenters. The third-order valence-electron chi connectivity index (χ3n) is 3.84. The number of carbonyl (C=O) groups is 2. The van der Waals surface area contributed by atoms with Crippen molar-refractivity contribution in [1.29, 1.82) is 0 Å². The lowest BCUT2D eigenvalue weighted by molar-refractivity contribution is -0.137. The van der Waals surface area contributed by atoms with E-state index in [9.17, 15) is 9.59 Å². The molecule has 0 bridgehead atoms. The number of likely N-dealkylation sites (tertiary alicyclic amines) is 1. The highest BCUT2D eigenvalue weighted by Gasteiger charge is 2.30. The molecule has 0 radical (unpaired) electrons. The summed E-state index contributed by atoms with van der Waals surface area (Å²) in [5.41, 5.74) is 0. The van der Waals surface area contributed by atoms with Gasteiger partial charge in [0.25, 0.3) is 0 Å². The van der Waals surface area contributed by atoms with E-state index in [1.165, 1.54) is 0 Å². The molecule has 0 aromatic carbocycles. The predicted molar refractivity (Wildman–Crippen MR) is 77.8 cm³/mol. The van der Waals surface area contributed by atoms with Crippen LogP contribution in [0.1, 0.15) is 40.0 Å². The molecule has 1 saturated heterocycles. The highest BCUT2D eigenvalue weighted by molar-refractivity contribution is 5.76. The van der Waals surface area contributed by atoms with Crippen molar-refractivity contribution in [2.24, 2.45) is 0 Å². The van der Waals surface area contributed by atoms with Crippen LogP contribution in [-0.4, -0.2) is 65.2 Å². The summed E-state index contributed by atoms with van der Waals surface area (Å²) in [5, 5.41) is 11.8. The molecule has 0 aromatic heterocycles. The lowest BCUT2D eigenvalue weighted by Crippen LogP contribution is -2.49. The lowest BCUT2D eigenvalue weighted by Gasteiger charge is -2.28. The van der Waals surface area contributed by atoms with Crippen molar-refractivity contribution in [1.82, 2.24) is 15.1 Å². The number of nitrogens with zero attached hydrogens (tertiary/aromatic N) is 2. The molecule has 1 aliphatic heterocycles. The van der Waals surface area contributed by atoms with Crippen molar-refractivity contribution >= 4 is 12.0 Å². The molecule has 0 saturated carbocycles. The van der Waals surface area contributed by atoms with Crippen molar-refractivity contribution in [2.45, 2.75) is 52.1 Å². The van der Waals surface area contributed by atoms with Crippen molar-refractivity contribution in [2.75, 3.05) is 26.2 Å². The highest BCUT2D eigenvalue weighted by atomic mass is 16.4. The van der Waals surface area contributed by atoms with Gasteiger partial charge in [0.15, 0.2) is 0 Å². The summed E-state index contributed by atoms with van der Waals surface area (Å²) in [4.78, 5) is 26.9. The Bertz CT molecular complexity index is 332. The molecular weight excluding hydrogens is 258 g/mol. The van der Waals surface area contributed by atoms with Gasteiger partial charge in [0.05, 0.1) is 6.42 Å². The first kappa shape index (κ1) is 16.8. The van der Waals surface area contributed by atoms with Gasteiger partial charge in [-0.2, -0.15) is 0 Å². The Morgan fingerprint density at radius 3 is 2.60 bits per heavy atom. The van der Waals surface area contributed by atoms with Gasteiger partial charge in [0.1, 0.15) is 0 Å².